The Morgan fingerprint density at radius 1 is 1.53 bits per heavy atom. The number of nitrogens with one attached hydrogen (secondary N) is 1. The van der Waals surface area contributed by atoms with Crippen molar-refractivity contribution in [2.24, 2.45) is 11.8 Å². The monoisotopic (exact) mass is 265 g/mol. The molecule has 0 saturated heterocycles. The summed E-state index contributed by atoms with van der Waals surface area (Å²) in [6.07, 6.45) is 6.88. The quantitative estimate of drug-likeness (QED) is 0.859. The van der Waals surface area contributed by atoms with Crippen molar-refractivity contribution in [3.63, 3.8) is 0 Å². The van der Waals surface area contributed by atoms with Crippen LogP contribution in [0.25, 0.3) is 0 Å². The lowest BCUT2D eigenvalue weighted by Crippen LogP contribution is -2.27. The van der Waals surface area contributed by atoms with Gasteiger partial charge in [0.2, 0.25) is 0 Å². The van der Waals surface area contributed by atoms with E-state index in [0.717, 1.165) is 24.6 Å². The largest absolute Gasteiger partial charge is 0.493 e. The number of nitrogens with zero attached hydrogens (tertiary/aromatic N) is 2. The van der Waals surface area contributed by atoms with Gasteiger partial charge in [-0.2, -0.15) is 5.10 Å². The lowest BCUT2D eigenvalue weighted by Gasteiger charge is -2.25. The molecule has 4 nitrogen and oxygen atoms in total. The molecule has 4 heteroatoms. The first-order valence-electron chi connectivity index (χ1n) is 7.48. The number of hydrogen-bond acceptors (Lipinski definition) is 3. The van der Waals surface area contributed by atoms with Crippen LogP contribution in [0.4, 0.5) is 0 Å². The summed E-state index contributed by atoms with van der Waals surface area (Å²) in [7, 11) is 3.79. The lowest BCUT2D eigenvalue weighted by molar-refractivity contribution is 0.334. The van der Waals surface area contributed by atoms with E-state index < -0.39 is 0 Å². The molecular weight excluding hydrogens is 238 g/mol. The van der Waals surface area contributed by atoms with E-state index in [0.29, 0.717) is 12.0 Å². The fourth-order valence-electron chi connectivity index (χ4n) is 3.39. The van der Waals surface area contributed by atoms with Gasteiger partial charge in [0.05, 0.1) is 25.0 Å². The summed E-state index contributed by atoms with van der Waals surface area (Å²) in [6.45, 7) is 5.50. The third-order valence-electron chi connectivity index (χ3n) is 4.31. The number of aromatic nitrogens is 2. The van der Waals surface area contributed by atoms with Gasteiger partial charge in [0, 0.05) is 6.54 Å². The van der Waals surface area contributed by atoms with Gasteiger partial charge in [-0.3, -0.25) is 4.68 Å². The fourth-order valence-corrected chi connectivity index (χ4v) is 3.39. The second-order valence-electron chi connectivity index (χ2n) is 5.77. The third kappa shape index (κ3) is 2.94. The summed E-state index contributed by atoms with van der Waals surface area (Å²) < 4.78 is 7.63. The van der Waals surface area contributed by atoms with Crippen molar-refractivity contribution >= 4 is 0 Å². The molecule has 19 heavy (non-hydrogen) atoms. The zero-order chi connectivity index (χ0) is 13.8. The molecule has 0 aromatic carbocycles. The molecule has 0 bridgehead atoms. The third-order valence-corrected chi connectivity index (χ3v) is 4.31. The van der Waals surface area contributed by atoms with Gasteiger partial charge < -0.3 is 10.1 Å². The first-order chi connectivity index (χ1) is 9.21. The highest BCUT2D eigenvalue weighted by atomic mass is 16.5. The molecule has 1 aromatic heterocycles. The molecule has 0 aliphatic heterocycles. The predicted octanol–water partition coefficient (Wildman–Crippen LogP) is 3.00. The highest BCUT2D eigenvalue weighted by Crippen LogP contribution is 2.41. The molecule has 0 radical (unpaired) electrons. The Balaban J connectivity index is 2.28. The normalized spacial score (nSPS) is 24.6. The Morgan fingerprint density at radius 3 is 2.84 bits per heavy atom. The summed E-state index contributed by atoms with van der Waals surface area (Å²) in [5, 5.41) is 7.99. The van der Waals surface area contributed by atoms with Crippen molar-refractivity contribution < 1.29 is 4.74 Å². The zero-order valence-electron chi connectivity index (χ0n) is 12.6. The van der Waals surface area contributed by atoms with Gasteiger partial charge in [0.15, 0.2) is 5.75 Å². The Bertz CT molecular complexity index is 402. The van der Waals surface area contributed by atoms with Crippen LogP contribution in [0.3, 0.4) is 0 Å². The number of aryl methyl sites for hydroxylation is 1. The predicted molar refractivity (Wildman–Crippen MR) is 77.4 cm³/mol. The maximum absolute atomic E-state index is 5.52. The maximum atomic E-state index is 5.52. The number of methoxy groups -OCH3 is 1. The summed E-state index contributed by atoms with van der Waals surface area (Å²) in [5.74, 6) is 2.46. The second kappa shape index (κ2) is 6.42. The molecule has 3 unspecified atom stereocenters. The van der Waals surface area contributed by atoms with E-state index in [4.69, 9.17) is 4.74 Å². The molecule has 1 saturated carbocycles. The molecule has 1 aromatic rings. The number of hydrogen-bond donors (Lipinski definition) is 1. The van der Waals surface area contributed by atoms with Crippen LogP contribution in [0.1, 0.15) is 51.3 Å². The molecule has 1 fully saturated rings. The van der Waals surface area contributed by atoms with Crippen LogP contribution in [0, 0.1) is 11.8 Å². The van der Waals surface area contributed by atoms with Gasteiger partial charge in [-0.25, -0.2) is 0 Å². The molecule has 1 N–H and O–H groups in total. The molecular formula is C15H27N3O. The molecule has 2 rings (SSSR count). The number of rotatable bonds is 6. The van der Waals surface area contributed by atoms with Gasteiger partial charge in [-0.1, -0.05) is 20.3 Å². The minimum absolute atomic E-state index is 0.356. The first kappa shape index (κ1) is 14.4. The van der Waals surface area contributed by atoms with Crippen LogP contribution in [0.5, 0.6) is 5.75 Å². The van der Waals surface area contributed by atoms with Crippen molar-refractivity contribution in [1.29, 1.82) is 0 Å². The minimum atomic E-state index is 0.356. The number of ether oxygens (including phenoxy) is 1. The topological polar surface area (TPSA) is 39.1 Å². The summed E-state index contributed by atoms with van der Waals surface area (Å²) in [4.78, 5) is 0. The highest BCUT2D eigenvalue weighted by molar-refractivity contribution is 5.29. The van der Waals surface area contributed by atoms with Crippen molar-refractivity contribution in [2.45, 2.75) is 52.1 Å². The van der Waals surface area contributed by atoms with Crippen LogP contribution >= 0.6 is 0 Å². The maximum Gasteiger partial charge on any atom is 0.161 e. The zero-order valence-corrected chi connectivity index (χ0v) is 12.6. The fraction of sp³-hybridized carbons (Fsp3) is 0.800. The van der Waals surface area contributed by atoms with Gasteiger partial charge in [0.25, 0.3) is 0 Å². The smallest absolute Gasteiger partial charge is 0.161 e. The van der Waals surface area contributed by atoms with Crippen molar-refractivity contribution in [1.82, 2.24) is 15.1 Å². The molecule has 1 heterocycles. The minimum Gasteiger partial charge on any atom is -0.493 e. The van der Waals surface area contributed by atoms with E-state index >= 15 is 0 Å². The van der Waals surface area contributed by atoms with Crippen molar-refractivity contribution in [3.8, 4) is 5.75 Å². The van der Waals surface area contributed by atoms with Crippen LogP contribution in [0.2, 0.25) is 0 Å². The average molecular weight is 265 g/mol. The van der Waals surface area contributed by atoms with Crippen LogP contribution in [0.15, 0.2) is 6.20 Å². The average Bonchev–Trinajstić information content (AvgIpc) is 2.99. The van der Waals surface area contributed by atoms with Gasteiger partial charge in [-0.05, 0) is 38.1 Å². The van der Waals surface area contributed by atoms with Gasteiger partial charge in [-0.15, -0.1) is 0 Å². The van der Waals surface area contributed by atoms with Crippen LogP contribution in [-0.4, -0.2) is 23.9 Å². The molecule has 0 spiro atoms. The Morgan fingerprint density at radius 2 is 2.32 bits per heavy atom. The lowest BCUT2D eigenvalue weighted by atomic mass is 9.94. The molecule has 3 atom stereocenters. The SMILES string of the molecule is CCCn1ncc(OC)c1C(NC)C1CCC(C)C1. The van der Waals surface area contributed by atoms with Gasteiger partial charge >= 0.3 is 0 Å². The molecule has 108 valence electrons. The van der Waals surface area contributed by atoms with Crippen LogP contribution in [-0.2, 0) is 6.54 Å². The standard InChI is InChI=1S/C15H27N3O/c1-5-8-18-15(13(19-4)10-17-18)14(16-3)12-7-6-11(2)9-12/h10-12,14,16H,5-9H2,1-4H3. The molecule has 1 aliphatic carbocycles. The van der Waals surface area contributed by atoms with E-state index in [2.05, 4.69) is 36.0 Å². The van der Waals surface area contributed by atoms with Crippen LogP contribution < -0.4 is 10.1 Å². The van der Waals surface area contributed by atoms with E-state index in [1.807, 2.05) is 6.20 Å². The Hall–Kier alpha value is -1.03. The van der Waals surface area contributed by atoms with E-state index in [1.54, 1.807) is 7.11 Å². The molecule has 0 amide bonds. The summed E-state index contributed by atoms with van der Waals surface area (Å²) in [5.41, 5.74) is 1.23. The van der Waals surface area contributed by atoms with E-state index in [-0.39, 0.29) is 0 Å². The van der Waals surface area contributed by atoms with E-state index in [1.165, 1.54) is 25.0 Å². The first-order valence-corrected chi connectivity index (χ1v) is 7.48. The second-order valence-corrected chi connectivity index (χ2v) is 5.77. The molecule has 1 aliphatic rings. The highest BCUT2D eigenvalue weighted by Gasteiger charge is 2.32. The van der Waals surface area contributed by atoms with E-state index in [9.17, 15) is 0 Å². The van der Waals surface area contributed by atoms with Crippen molar-refractivity contribution in [2.75, 3.05) is 14.2 Å². The van der Waals surface area contributed by atoms with Crippen molar-refractivity contribution in [3.05, 3.63) is 11.9 Å². The van der Waals surface area contributed by atoms with Gasteiger partial charge in [0.1, 0.15) is 0 Å². The Kier molecular flexibility index (Phi) is 4.86. The summed E-state index contributed by atoms with van der Waals surface area (Å²) >= 11 is 0. The summed E-state index contributed by atoms with van der Waals surface area (Å²) in [6, 6.07) is 0.356. The Labute approximate surface area is 116 Å².